The number of amides is 1. The van der Waals surface area contributed by atoms with E-state index in [0.29, 0.717) is 17.1 Å². The van der Waals surface area contributed by atoms with Gasteiger partial charge in [0.25, 0.3) is 5.91 Å². The number of benzene rings is 2. The Hall–Kier alpha value is -2.05. The highest BCUT2D eigenvalue weighted by molar-refractivity contribution is 9.11. The zero-order valence-electron chi connectivity index (χ0n) is 12.8. The van der Waals surface area contributed by atoms with Gasteiger partial charge in [0.2, 0.25) is 0 Å². The number of nitrogen functional groups attached to an aromatic ring is 1. The zero-order chi connectivity index (χ0) is 17.3. The summed E-state index contributed by atoms with van der Waals surface area (Å²) in [6.45, 7) is 1.90. The predicted octanol–water partition coefficient (Wildman–Crippen LogP) is 5.61. The second-order valence-electron chi connectivity index (χ2n) is 5.32. The number of carbonyl (C=O) groups is 1. The van der Waals surface area contributed by atoms with Gasteiger partial charge in [-0.15, -0.1) is 0 Å². The summed E-state index contributed by atoms with van der Waals surface area (Å²) in [5.74, 6) is 0.536. The molecule has 1 amide bonds. The van der Waals surface area contributed by atoms with Crippen LogP contribution in [-0.4, -0.2) is 5.91 Å². The summed E-state index contributed by atoms with van der Waals surface area (Å²) in [6.07, 6.45) is 0. The van der Waals surface area contributed by atoms with Crippen molar-refractivity contribution >= 4 is 49.1 Å². The van der Waals surface area contributed by atoms with E-state index in [9.17, 15) is 4.79 Å². The SMILES string of the molecule is Cc1ccc(N)cc1NC(=O)c1ccc(-c2ccc(Br)cc2Br)o1. The molecule has 0 aliphatic rings. The third kappa shape index (κ3) is 3.55. The first-order valence-electron chi connectivity index (χ1n) is 7.17. The van der Waals surface area contributed by atoms with Gasteiger partial charge >= 0.3 is 0 Å². The second kappa shape index (κ2) is 6.83. The molecule has 0 atom stereocenters. The minimum Gasteiger partial charge on any atom is -0.451 e. The summed E-state index contributed by atoms with van der Waals surface area (Å²) in [4.78, 5) is 12.4. The monoisotopic (exact) mass is 448 g/mol. The van der Waals surface area contributed by atoms with Gasteiger partial charge in [0.15, 0.2) is 5.76 Å². The Morgan fingerprint density at radius 3 is 2.62 bits per heavy atom. The highest BCUT2D eigenvalue weighted by Crippen LogP contribution is 2.32. The molecule has 0 bridgehead atoms. The van der Waals surface area contributed by atoms with Crippen LogP contribution in [-0.2, 0) is 0 Å². The lowest BCUT2D eigenvalue weighted by Crippen LogP contribution is -2.12. The number of carbonyl (C=O) groups excluding carboxylic acids is 1. The molecule has 6 heteroatoms. The Morgan fingerprint density at radius 1 is 1.08 bits per heavy atom. The standard InChI is InChI=1S/C18H14Br2N2O2/c1-10-2-4-12(21)9-15(10)22-18(23)17-7-6-16(24-17)13-5-3-11(19)8-14(13)20/h2-9H,21H2,1H3,(H,22,23). The molecule has 24 heavy (non-hydrogen) atoms. The van der Waals surface area contributed by atoms with Gasteiger partial charge in [-0.3, -0.25) is 4.79 Å². The zero-order valence-corrected chi connectivity index (χ0v) is 15.9. The maximum atomic E-state index is 12.4. The van der Waals surface area contributed by atoms with E-state index < -0.39 is 0 Å². The molecule has 2 aromatic carbocycles. The van der Waals surface area contributed by atoms with E-state index in [0.717, 1.165) is 20.1 Å². The van der Waals surface area contributed by atoms with E-state index in [-0.39, 0.29) is 11.7 Å². The fraction of sp³-hybridized carbons (Fsp3) is 0.0556. The van der Waals surface area contributed by atoms with Crippen molar-refractivity contribution in [2.75, 3.05) is 11.1 Å². The highest BCUT2D eigenvalue weighted by atomic mass is 79.9. The minimum absolute atomic E-state index is 0.238. The van der Waals surface area contributed by atoms with Crippen LogP contribution in [0.1, 0.15) is 16.1 Å². The molecule has 0 saturated heterocycles. The average molecular weight is 450 g/mol. The predicted molar refractivity (Wildman–Crippen MR) is 103 cm³/mol. The Labute approximate surface area is 156 Å². The third-order valence-electron chi connectivity index (χ3n) is 3.54. The topological polar surface area (TPSA) is 68.3 Å². The average Bonchev–Trinajstić information content (AvgIpc) is 3.00. The molecule has 122 valence electrons. The van der Waals surface area contributed by atoms with E-state index in [4.69, 9.17) is 10.2 Å². The number of rotatable bonds is 3. The fourth-order valence-corrected chi connectivity index (χ4v) is 3.49. The van der Waals surface area contributed by atoms with Crippen LogP contribution in [0.15, 0.2) is 61.9 Å². The van der Waals surface area contributed by atoms with Crippen LogP contribution in [0.2, 0.25) is 0 Å². The fourth-order valence-electron chi connectivity index (χ4n) is 2.25. The third-order valence-corrected chi connectivity index (χ3v) is 4.69. The van der Waals surface area contributed by atoms with Gasteiger partial charge in [-0.05, 0) is 70.9 Å². The number of hydrogen-bond acceptors (Lipinski definition) is 3. The van der Waals surface area contributed by atoms with Gasteiger partial charge in [-0.2, -0.15) is 0 Å². The molecule has 0 unspecified atom stereocenters. The molecule has 1 heterocycles. The summed E-state index contributed by atoms with van der Waals surface area (Å²) in [7, 11) is 0. The van der Waals surface area contributed by atoms with Crippen molar-refractivity contribution in [3.05, 3.63) is 68.8 Å². The van der Waals surface area contributed by atoms with Gasteiger partial charge in [0.05, 0.1) is 0 Å². The first kappa shape index (κ1) is 16.8. The van der Waals surface area contributed by atoms with Crippen molar-refractivity contribution in [1.29, 1.82) is 0 Å². The molecule has 4 nitrogen and oxygen atoms in total. The van der Waals surface area contributed by atoms with Gasteiger partial charge in [0.1, 0.15) is 5.76 Å². The van der Waals surface area contributed by atoms with Crippen LogP contribution in [0.4, 0.5) is 11.4 Å². The van der Waals surface area contributed by atoms with Crippen molar-refractivity contribution in [3.8, 4) is 11.3 Å². The molecule has 0 spiro atoms. The second-order valence-corrected chi connectivity index (χ2v) is 7.09. The van der Waals surface area contributed by atoms with Crippen LogP contribution in [0.5, 0.6) is 0 Å². The summed E-state index contributed by atoms with van der Waals surface area (Å²) >= 11 is 6.91. The molecule has 0 aliphatic heterocycles. The van der Waals surface area contributed by atoms with Crippen molar-refractivity contribution in [1.82, 2.24) is 0 Å². The highest BCUT2D eigenvalue weighted by Gasteiger charge is 2.15. The Balaban J connectivity index is 1.85. The molecule has 3 N–H and O–H groups in total. The molecule has 0 aliphatic carbocycles. The van der Waals surface area contributed by atoms with Gasteiger partial charge in [-0.25, -0.2) is 0 Å². The molecule has 3 aromatic rings. The van der Waals surface area contributed by atoms with E-state index >= 15 is 0 Å². The maximum Gasteiger partial charge on any atom is 0.291 e. The first-order valence-corrected chi connectivity index (χ1v) is 8.75. The molecule has 1 aromatic heterocycles. The molecular formula is C18H14Br2N2O2. The number of anilines is 2. The van der Waals surface area contributed by atoms with Crippen molar-refractivity contribution in [2.24, 2.45) is 0 Å². The molecule has 0 fully saturated rings. The van der Waals surface area contributed by atoms with E-state index in [1.807, 2.05) is 31.2 Å². The van der Waals surface area contributed by atoms with Gasteiger partial charge in [-0.1, -0.05) is 22.0 Å². The Bertz CT molecular complexity index is 919. The Kier molecular flexibility index (Phi) is 4.78. The quantitative estimate of drug-likeness (QED) is 0.510. The van der Waals surface area contributed by atoms with E-state index in [1.54, 1.807) is 24.3 Å². The summed E-state index contributed by atoms with van der Waals surface area (Å²) in [5.41, 5.74) is 8.83. The molecular weight excluding hydrogens is 436 g/mol. The lowest BCUT2D eigenvalue weighted by Gasteiger charge is -2.08. The number of furan rings is 1. The first-order chi connectivity index (χ1) is 11.4. The van der Waals surface area contributed by atoms with Crippen molar-refractivity contribution < 1.29 is 9.21 Å². The number of nitrogens with two attached hydrogens (primary N) is 1. The number of nitrogens with one attached hydrogen (secondary N) is 1. The van der Waals surface area contributed by atoms with Crippen LogP contribution < -0.4 is 11.1 Å². The van der Waals surface area contributed by atoms with Crippen LogP contribution in [0.25, 0.3) is 11.3 Å². The molecule has 0 radical (unpaired) electrons. The maximum absolute atomic E-state index is 12.4. The van der Waals surface area contributed by atoms with Crippen molar-refractivity contribution in [3.63, 3.8) is 0 Å². The largest absolute Gasteiger partial charge is 0.451 e. The van der Waals surface area contributed by atoms with E-state index in [1.165, 1.54) is 0 Å². The number of halogens is 2. The van der Waals surface area contributed by atoms with Crippen LogP contribution >= 0.6 is 31.9 Å². The summed E-state index contributed by atoms with van der Waals surface area (Å²) in [6, 6.07) is 14.6. The summed E-state index contributed by atoms with van der Waals surface area (Å²) in [5, 5.41) is 2.82. The van der Waals surface area contributed by atoms with Gasteiger partial charge in [0, 0.05) is 25.9 Å². The molecule has 3 rings (SSSR count). The van der Waals surface area contributed by atoms with E-state index in [2.05, 4.69) is 37.2 Å². The number of aryl methyl sites for hydroxylation is 1. The number of hydrogen-bond donors (Lipinski definition) is 2. The van der Waals surface area contributed by atoms with Gasteiger partial charge < -0.3 is 15.5 Å². The Morgan fingerprint density at radius 2 is 1.88 bits per heavy atom. The van der Waals surface area contributed by atoms with Crippen LogP contribution in [0, 0.1) is 6.92 Å². The summed E-state index contributed by atoms with van der Waals surface area (Å²) < 4.78 is 7.54. The lowest BCUT2D eigenvalue weighted by atomic mass is 10.2. The lowest BCUT2D eigenvalue weighted by molar-refractivity contribution is 0.0997. The minimum atomic E-state index is -0.316. The normalized spacial score (nSPS) is 10.6. The van der Waals surface area contributed by atoms with Crippen LogP contribution in [0.3, 0.4) is 0 Å². The molecule has 0 saturated carbocycles. The van der Waals surface area contributed by atoms with Crippen molar-refractivity contribution in [2.45, 2.75) is 6.92 Å². The smallest absolute Gasteiger partial charge is 0.291 e.